The molecule has 2 N–H and O–H groups in total. The molecular weight excluding hydrogens is 436 g/mol. The summed E-state index contributed by atoms with van der Waals surface area (Å²) in [6, 6.07) is 8.23. The molecular formula is C25H32N4O5. The number of carbonyl (C=O) groups excluding carboxylic acids is 3. The molecule has 1 aromatic carbocycles. The normalized spacial score (nSPS) is 16.1. The summed E-state index contributed by atoms with van der Waals surface area (Å²) in [4.78, 5) is 43.9. The number of ether oxygens (including phenoxy) is 2. The lowest BCUT2D eigenvalue weighted by molar-refractivity contribution is 0.0472. The van der Waals surface area contributed by atoms with Gasteiger partial charge in [0.1, 0.15) is 11.7 Å². The first-order valence-electron chi connectivity index (χ1n) is 11.3. The molecule has 0 radical (unpaired) electrons. The number of nitrogens with zero attached hydrogens (tertiary/aromatic N) is 2. The van der Waals surface area contributed by atoms with Gasteiger partial charge < -0.3 is 25.0 Å². The molecule has 0 fully saturated rings. The van der Waals surface area contributed by atoms with Crippen LogP contribution in [0, 0.1) is 0 Å². The number of aromatic nitrogens is 1. The van der Waals surface area contributed by atoms with Gasteiger partial charge in [0.25, 0.3) is 11.8 Å². The standard InChI is InChI=1S/C25H32N4O5/c1-16(2)29-14-11-18(15-27-24(32)34-25(3,4)5)33-21-19(23(29)31)7-6-8-20(21)28-22(30)17-9-12-26-13-10-17/h6-10,12-13,16,18H,11,14-15H2,1-5H3,(H,27,32)(H,28,30)/t18-/m1/s1. The zero-order valence-corrected chi connectivity index (χ0v) is 20.3. The van der Waals surface area contributed by atoms with Crippen molar-refractivity contribution in [3.8, 4) is 5.75 Å². The zero-order chi connectivity index (χ0) is 24.9. The fourth-order valence-electron chi connectivity index (χ4n) is 3.54. The summed E-state index contributed by atoms with van der Waals surface area (Å²) in [6.07, 6.45) is 2.56. The fraction of sp³-hybridized carbons (Fsp3) is 0.440. The van der Waals surface area contributed by atoms with Gasteiger partial charge in [-0.2, -0.15) is 0 Å². The van der Waals surface area contributed by atoms with Crippen LogP contribution in [0.5, 0.6) is 5.75 Å². The van der Waals surface area contributed by atoms with E-state index < -0.39 is 17.8 Å². The lowest BCUT2D eigenvalue weighted by Gasteiger charge is -2.33. The first-order valence-corrected chi connectivity index (χ1v) is 11.3. The summed E-state index contributed by atoms with van der Waals surface area (Å²) in [5.41, 5.74) is 0.532. The number of amides is 3. The number of benzene rings is 1. The summed E-state index contributed by atoms with van der Waals surface area (Å²) in [5, 5.41) is 5.59. The van der Waals surface area contributed by atoms with Crippen molar-refractivity contribution in [2.45, 2.75) is 58.8 Å². The summed E-state index contributed by atoms with van der Waals surface area (Å²) in [5.74, 6) is -0.252. The van der Waals surface area contributed by atoms with E-state index in [4.69, 9.17) is 9.47 Å². The van der Waals surface area contributed by atoms with Crippen LogP contribution in [0.15, 0.2) is 42.7 Å². The first-order chi connectivity index (χ1) is 16.0. The highest BCUT2D eigenvalue weighted by Gasteiger charge is 2.30. The lowest BCUT2D eigenvalue weighted by Crippen LogP contribution is -2.45. The van der Waals surface area contributed by atoms with Gasteiger partial charge in [-0.15, -0.1) is 0 Å². The van der Waals surface area contributed by atoms with Crippen LogP contribution in [0.25, 0.3) is 0 Å². The Morgan fingerprint density at radius 3 is 2.56 bits per heavy atom. The van der Waals surface area contributed by atoms with E-state index in [0.29, 0.717) is 29.8 Å². The van der Waals surface area contributed by atoms with Gasteiger partial charge in [0.2, 0.25) is 0 Å². The molecule has 0 aliphatic carbocycles. The van der Waals surface area contributed by atoms with E-state index in [-0.39, 0.29) is 30.2 Å². The molecule has 1 aliphatic rings. The molecule has 182 valence electrons. The zero-order valence-electron chi connectivity index (χ0n) is 20.3. The number of rotatable bonds is 5. The monoisotopic (exact) mass is 468 g/mol. The molecule has 3 rings (SSSR count). The summed E-state index contributed by atoms with van der Waals surface area (Å²) in [6.45, 7) is 9.91. The third-order valence-corrected chi connectivity index (χ3v) is 5.17. The molecule has 0 spiro atoms. The van der Waals surface area contributed by atoms with Crippen molar-refractivity contribution in [2.75, 3.05) is 18.4 Å². The van der Waals surface area contributed by atoms with Crippen molar-refractivity contribution in [1.29, 1.82) is 0 Å². The Kier molecular flexibility index (Phi) is 7.75. The quantitative estimate of drug-likeness (QED) is 0.690. The molecule has 1 aromatic heterocycles. The van der Waals surface area contributed by atoms with Gasteiger partial charge in [-0.25, -0.2) is 4.79 Å². The van der Waals surface area contributed by atoms with Crippen molar-refractivity contribution < 1.29 is 23.9 Å². The molecule has 0 saturated carbocycles. The van der Waals surface area contributed by atoms with E-state index in [1.54, 1.807) is 56.0 Å². The fourth-order valence-corrected chi connectivity index (χ4v) is 3.54. The number of anilines is 1. The molecule has 2 aromatic rings. The van der Waals surface area contributed by atoms with E-state index in [0.717, 1.165) is 0 Å². The van der Waals surface area contributed by atoms with Crippen molar-refractivity contribution in [2.24, 2.45) is 0 Å². The Balaban J connectivity index is 1.89. The average molecular weight is 469 g/mol. The maximum Gasteiger partial charge on any atom is 0.407 e. The van der Waals surface area contributed by atoms with Crippen LogP contribution in [-0.2, 0) is 4.74 Å². The molecule has 9 heteroatoms. The number of hydrogen-bond donors (Lipinski definition) is 2. The summed E-state index contributed by atoms with van der Waals surface area (Å²) < 4.78 is 11.6. The van der Waals surface area contributed by atoms with Crippen LogP contribution in [0.4, 0.5) is 10.5 Å². The van der Waals surface area contributed by atoms with Crippen LogP contribution < -0.4 is 15.4 Å². The predicted molar refractivity (Wildman–Crippen MR) is 128 cm³/mol. The van der Waals surface area contributed by atoms with Gasteiger partial charge in [0.15, 0.2) is 5.75 Å². The number of para-hydroxylation sites is 1. The van der Waals surface area contributed by atoms with Crippen LogP contribution in [0.2, 0.25) is 0 Å². The van der Waals surface area contributed by atoms with Crippen LogP contribution in [0.1, 0.15) is 61.8 Å². The number of nitrogens with one attached hydrogen (secondary N) is 2. The molecule has 2 heterocycles. The third-order valence-electron chi connectivity index (χ3n) is 5.17. The predicted octanol–water partition coefficient (Wildman–Crippen LogP) is 3.86. The second-order valence-electron chi connectivity index (χ2n) is 9.38. The SMILES string of the molecule is CC(C)N1CC[C@H](CNC(=O)OC(C)(C)C)Oc2c(NC(=O)c3ccncc3)cccc2C1=O. The molecule has 1 aliphatic heterocycles. The summed E-state index contributed by atoms with van der Waals surface area (Å²) >= 11 is 0. The van der Waals surface area contributed by atoms with Crippen LogP contribution in [-0.4, -0.2) is 58.6 Å². The molecule has 0 saturated heterocycles. The average Bonchev–Trinajstić information content (AvgIpc) is 2.76. The van der Waals surface area contributed by atoms with E-state index in [2.05, 4.69) is 15.6 Å². The number of carbonyl (C=O) groups is 3. The largest absolute Gasteiger partial charge is 0.485 e. The second-order valence-corrected chi connectivity index (χ2v) is 9.38. The van der Waals surface area contributed by atoms with E-state index in [1.165, 1.54) is 12.4 Å². The highest BCUT2D eigenvalue weighted by atomic mass is 16.6. The molecule has 3 amide bonds. The highest BCUT2D eigenvalue weighted by Crippen LogP contribution is 2.33. The Morgan fingerprint density at radius 1 is 1.21 bits per heavy atom. The molecule has 9 nitrogen and oxygen atoms in total. The molecule has 0 bridgehead atoms. The number of hydrogen-bond acceptors (Lipinski definition) is 6. The first kappa shape index (κ1) is 25.0. The number of fused-ring (bicyclic) bond motifs is 1. The third kappa shape index (κ3) is 6.46. The Morgan fingerprint density at radius 2 is 1.91 bits per heavy atom. The highest BCUT2D eigenvalue weighted by molar-refractivity contribution is 6.07. The molecule has 1 atom stereocenters. The van der Waals surface area contributed by atoms with E-state index in [9.17, 15) is 14.4 Å². The summed E-state index contributed by atoms with van der Waals surface area (Å²) in [7, 11) is 0. The van der Waals surface area contributed by atoms with E-state index in [1.807, 2.05) is 13.8 Å². The second kappa shape index (κ2) is 10.5. The lowest BCUT2D eigenvalue weighted by atomic mass is 10.1. The van der Waals surface area contributed by atoms with Crippen molar-refractivity contribution in [1.82, 2.24) is 15.2 Å². The smallest absolute Gasteiger partial charge is 0.407 e. The van der Waals surface area contributed by atoms with Gasteiger partial charge >= 0.3 is 6.09 Å². The minimum absolute atomic E-state index is 0.0343. The van der Waals surface area contributed by atoms with Gasteiger partial charge in [-0.3, -0.25) is 14.6 Å². The maximum absolute atomic E-state index is 13.3. The Bertz CT molecular complexity index is 1030. The Labute approximate surface area is 199 Å². The van der Waals surface area contributed by atoms with E-state index >= 15 is 0 Å². The van der Waals surface area contributed by atoms with Gasteiger partial charge in [0, 0.05) is 37.0 Å². The van der Waals surface area contributed by atoms with Crippen molar-refractivity contribution in [3.05, 3.63) is 53.9 Å². The molecule has 0 unspecified atom stereocenters. The minimum Gasteiger partial charge on any atom is -0.485 e. The minimum atomic E-state index is -0.621. The number of alkyl carbamates (subject to hydrolysis) is 1. The topological polar surface area (TPSA) is 110 Å². The van der Waals surface area contributed by atoms with Crippen LogP contribution >= 0.6 is 0 Å². The molecule has 34 heavy (non-hydrogen) atoms. The van der Waals surface area contributed by atoms with Crippen molar-refractivity contribution in [3.63, 3.8) is 0 Å². The van der Waals surface area contributed by atoms with Gasteiger partial charge in [0.05, 0.1) is 17.8 Å². The van der Waals surface area contributed by atoms with Gasteiger partial charge in [-0.05, 0) is 58.9 Å². The van der Waals surface area contributed by atoms with Gasteiger partial charge in [-0.1, -0.05) is 6.07 Å². The van der Waals surface area contributed by atoms with Crippen LogP contribution in [0.3, 0.4) is 0 Å². The number of pyridine rings is 1. The maximum atomic E-state index is 13.3. The Hall–Kier alpha value is -3.62. The van der Waals surface area contributed by atoms with Crippen molar-refractivity contribution >= 4 is 23.6 Å².